The van der Waals surface area contributed by atoms with Crippen molar-refractivity contribution < 1.29 is 18.0 Å². The summed E-state index contributed by atoms with van der Waals surface area (Å²) in [5.41, 5.74) is 3.42. The van der Waals surface area contributed by atoms with E-state index in [9.17, 15) is 18.0 Å². The van der Waals surface area contributed by atoms with Crippen LogP contribution in [0.5, 0.6) is 0 Å². The lowest BCUT2D eigenvalue weighted by Crippen LogP contribution is -2.54. The Kier molecular flexibility index (Phi) is 11.4. The fourth-order valence-electron chi connectivity index (χ4n) is 5.93. The van der Waals surface area contributed by atoms with Gasteiger partial charge in [-0.25, -0.2) is 8.42 Å². The van der Waals surface area contributed by atoms with Crippen molar-refractivity contribution in [1.29, 1.82) is 0 Å². The van der Waals surface area contributed by atoms with Crippen LogP contribution in [0.15, 0.2) is 106 Å². The number of hydrogen-bond acceptors (Lipinski definition) is 4. The third-order valence-corrected chi connectivity index (χ3v) is 11.3. The van der Waals surface area contributed by atoms with Crippen molar-refractivity contribution in [2.24, 2.45) is 0 Å². The number of nitrogens with one attached hydrogen (secondary N) is 1. The van der Waals surface area contributed by atoms with Crippen LogP contribution in [0.25, 0.3) is 0 Å². The number of sulfonamides is 1. The number of amides is 2. The minimum Gasteiger partial charge on any atom is -0.352 e. The second kappa shape index (κ2) is 15.5. The summed E-state index contributed by atoms with van der Waals surface area (Å²) in [6.07, 6.45) is 4.13. The molecule has 10 heteroatoms. The number of aryl methyl sites for hydroxylation is 1. The third-order valence-electron chi connectivity index (χ3n) is 8.63. The van der Waals surface area contributed by atoms with Gasteiger partial charge in [0.15, 0.2) is 0 Å². The highest BCUT2D eigenvalue weighted by Gasteiger charge is 2.36. The van der Waals surface area contributed by atoms with Gasteiger partial charge >= 0.3 is 0 Å². The molecule has 0 radical (unpaired) electrons. The molecule has 1 atom stereocenters. The SMILES string of the molecule is Cc1ccc(S(=O)(=O)N(CC(=O)N(Cc2ccc(Br)cc2)C(Cc2ccccc2)C(=O)NC2CCCC2)c2cccc(Cl)c2C)cc1. The fourth-order valence-corrected chi connectivity index (χ4v) is 7.83. The van der Waals surface area contributed by atoms with Crippen LogP contribution in [0, 0.1) is 13.8 Å². The van der Waals surface area contributed by atoms with Crippen LogP contribution in [0.2, 0.25) is 5.02 Å². The van der Waals surface area contributed by atoms with Gasteiger partial charge in [-0.3, -0.25) is 13.9 Å². The van der Waals surface area contributed by atoms with Crippen LogP contribution in [0.1, 0.15) is 47.9 Å². The van der Waals surface area contributed by atoms with Gasteiger partial charge in [0, 0.05) is 28.5 Å². The van der Waals surface area contributed by atoms with E-state index in [0.717, 1.165) is 51.2 Å². The van der Waals surface area contributed by atoms with Crippen molar-refractivity contribution in [3.05, 3.63) is 129 Å². The van der Waals surface area contributed by atoms with E-state index in [1.807, 2.05) is 61.5 Å². The Morgan fingerprint density at radius 1 is 0.872 bits per heavy atom. The van der Waals surface area contributed by atoms with Gasteiger partial charge in [-0.1, -0.05) is 107 Å². The Morgan fingerprint density at radius 3 is 2.19 bits per heavy atom. The molecule has 4 aromatic carbocycles. The molecule has 0 heterocycles. The lowest BCUT2D eigenvalue weighted by atomic mass is 10.0. The lowest BCUT2D eigenvalue weighted by Gasteiger charge is -2.34. The van der Waals surface area contributed by atoms with Gasteiger partial charge in [-0.05, 0) is 79.8 Å². The summed E-state index contributed by atoms with van der Waals surface area (Å²) in [5, 5.41) is 3.58. The first kappa shape index (κ1) is 34.7. The standard InChI is InChI=1S/C37H39BrClN3O4S/c1-26-15-21-32(22-16-26)47(45,46)42(34-14-8-13-33(39)27(34)2)25-36(43)41(24-29-17-19-30(38)20-18-29)35(23-28-9-4-3-5-10-28)37(44)40-31-11-6-7-12-31/h3-5,8-10,13-22,31,35H,6-7,11-12,23-25H2,1-2H3,(H,40,44). The molecule has 1 N–H and O–H groups in total. The van der Waals surface area contributed by atoms with Crippen LogP contribution < -0.4 is 9.62 Å². The Morgan fingerprint density at radius 2 is 1.53 bits per heavy atom. The quantitative estimate of drug-likeness (QED) is 0.162. The third kappa shape index (κ3) is 8.63. The molecule has 246 valence electrons. The van der Waals surface area contributed by atoms with Crippen LogP contribution >= 0.6 is 27.5 Å². The van der Waals surface area contributed by atoms with Gasteiger partial charge in [0.1, 0.15) is 12.6 Å². The van der Waals surface area contributed by atoms with Crippen molar-refractivity contribution in [2.45, 2.75) is 69.5 Å². The highest BCUT2D eigenvalue weighted by Crippen LogP contribution is 2.32. The summed E-state index contributed by atoms with van der Waals surface area (Å²) < 4.78 is 30.6. The van der Waals surface area contributed by atoms with Crippen molar-refractivity contribution in [2.75, 3.05) is 10.8 Å². The maximum Gasteiger partial charge on any atom is 0.264 e. The number of anilines is 1. The van der Waals surface area contributed by atoms with E-state index < -0.39 is 28.5 Å². The highest BCUT2D eigenvalue weighted by atomic mass is 79.9. The molecule has 1 aliphatic rings. The zero-order chi connectivity index (χ0) is 33.6. The first-order chi connectivity index (χ1) is 22.5. The number of hydrogen-bond donors (Lipinski definition) is 1. The molecule has 4 aromatic rings. The molecular formula is C37H39BrClN3O4S. The van der Waals surface area contributed by atoms with Gasteiger partial charge in [0.2, 0.25) is 11.8 Å². The van der Waals surface area contributed by atoms with E-state index >= 15 is 0 Å². The van der Waals surface area contributed by atoms with E-state index in [0.29, 0.717) is 16.3 Å². The molecule has 0 aliphatic heterocycles. The average molecular weight is 737 g/mol. The van der Waals surface area contributed by atoms with E-state index in [1.165, 1.54) is 17.0 Å². The highest BCUT2D eigenvalue weighted by molar-refractivity contribution is 9.10. The molecule has 7 nitrogen and oxygen atoms in total. The Balaban J connectivity index is 1.58. The van der Waals surface area contributed by atoms with Crippen molar-refractivity contribution in [3.8, 4) is 0 Å². The average Bonchev–Trinajstić information content (AvgIpc) is 3.57. The van der Waals surface area contributed by atoms with Gasteiger partial charge in [-0.2, -0.15) is 0 Å². The molecule has 0 saturated heterocycles. The maximum absolute atomic E-state index is 14.7. The summed E-state index contributed by atoms with van der Waals surface area (Å²) in [6.45, 7) is 3.18. The zero-order valence-electron chi connectivity index (χ0n) is 26.5. The summed E-state index contributed by atoms with van der Waals surface area (Å²) >= 11 is 9.96. The van der Waals surface area contributed by atoms with E-state index in [2.05, 4.69) is 21.2 Å². The summed E-state index contributed by atoms with van der Waals surface area (Å²) in [7, 11) is -4.22. The predicted octanol–water partition coefficient (Wildman–Crippen LogP) is 7.61. The summed E-state index contributed by atoms with van der Waals surface area (Å²) in [5.74, 6) is -0.761. The molecule has 1 saturated carbocycles. The van der Waals surface area contributed by atoms with E-state index in [1.54, 1.807) is 37.3 Å². The predicted molar refractivity (Wildman–Crippen MR) is 191 cm³/mol. The largest absolute Gasteiger partial charge is 0.352 e. The monoisotopic (exact) mass is 735 g/mol. The number of carbonyl (C=O) groups is 2. The number of halogens is 2. The molecule has 1 fully saturated rings. The number of rotatable bonds is 12. The van der Waals surface area contributed by atoms with Crippen LogP contribution in [-0.4, -0.2) is 43.8 Å². The molecule has 5 rings (SSSR count). The topological polar surface area (TPSA) is 86.8 Å². The second-order valence-corrected chi connectivity index (χ2v) is 15.2. The van der Waals surface area contributed by atoms with Gasteiger partial charge in [0.05, 0.1) is 10.6 Å². The molecule has 2 amide bonds. The molecular weight excluding hydrogens is 698 g/mol. The van der Waals surface area contributed by atoms with Crippen LogP contribution in [0.4, 0.5) is 5.69 Å². The van der Waals surface area contributed by atoms with Gasteiger partial charge in [-0.15, -0.1) is 0 Å². The lowest BCUT2D eigenvalue weighted by molar-refractivity contribution is -0.140. The number of carbonyl (C=O) groups excluding carboxylic acids is 2. The van der Waals surface area contributed by atoms with E-state index in [-0.39, 0.29) is 29.8 Å². The van der Waals surface area contributed by atoms with Crippen molar-refractivity contribution in [1.82, 2.24) is 10.2 Å². The Hall–Kier alpha value is -3.66. The molecule has 47 heavy (non-hydrogen) atoms. The minimum absolute atomic E-state index is 0.0397. The molecule has 1 unspecified atom stereocenters. The summed E-state index contributed by atoms with van der Waals surface area (Å²) in [6, 6.07) is 27.8. The van der Waals surface area contributed by atoms with E-state index in [4.69, 9.17) is 11.6 Å². The maximum atomic E-state index is 14.7. The normalized spacial score (nSPS) is 14.0. The van der Waals surface area contributed by atoms with Crippen molar-refractivity contribution in [3.63, 3.8) is 0 Å². The number of nitrogens with zero attached hydrogens (tertiary/aromatic N) is 2. The molecule has 0 aromatic heterocycles. The van der Waals surface area contributed by atoms with Crippen LogP contribution in [-0.2, 0) is 32.6 Å². The molecule has 0 spiro atoms. The number of benzene rings is 4. The zero-order valence-corrected chi connectivity index (χ0v) is 29.7. The Bertz CT molecular complexity index is 1800. The summed E-state index contributed by atoms with van der Waals surface area (Å²) in [4.78, 5) is 30.4. The van der Waals surface area contributed by atoms with Crippen molar-refractivity contribution >= 4 is 55.1 Å². The molecule has 0 bridgehead atoms. The van der Waals surface area contributed by atoms with Gasteiger partial charge in [0.25, 0.3) is 10.0 Å². The smallest absolute Gasteiger partial charge is 0.264 e. The fraction of sp³-hybridized carbons (Fsp3) is 0.297. The Labute approximate surface area is 291 Å². The first-order valence-electron chi connectivity index (χ1n) is 15.8. The second-order valence-electron chi connectivity index (χ2n) is 12.1. The molecule has 1 aliphatic carbocycles. The van der Waals surface area contributed by atoms with Crippen LogP contribution in [0.3, 0.4) is 0 Å². The minimum atomic E-state index is -4.22. The first-order valence-corrected chi connectivity index (χ1v) is 18.4. The van der Waals surface area contributed by atoms with Gasteiger partial charge < -0.3 is 10.2 Å².